The predicted molar refractivity (Wildman–Crippen MR) is 97.9 cm³/mol. The quantitative estimate of drug-likeness (QED) is 0.580. The van der Waals surface area contributed by atoms with Crippen LogP contribution in [0.2, 0.25) is 0 Å². The van der Waals surface area contributed by atoms with Crippen LogP contribution in [0.3, 0.4) is 0 Å². The van der Waals surface area contributed by atoms with Gasteiger partial charge in [-0.3, -0.25) is 4.79 Å². The summed E-state index contributed by atoms with van der Waals surface area (Å²) in [6.45, 7) is 4.06. The van der Waals surface area contributed by atoms with E-state index >= 15 is 0 Å². The van der Waals surface area contributed by atoms with E-state index in [1.165, 1.54) is 13.2 Å². The van der Waals surface area contributed by atoms with E-state index in [4.69, 9.17) is 4.74 Å². The first-order valence-corrected chi connectivity index (χ1v) is 9.93. The van der Waals surface area contributed by atoms with Crippen LogP contribution in [-0.4, -0.2) is 51.0 Å². The van der Waals surface area contributed by atoms with Crippen LogP contribution in [0.4, 0.5) is 0 Å². The molecule has 0 fully saturated rings. The lowest BCUT2D eigenvalue weighted by molar-refractivity contribution is -0.136. The molecular formula is C19H19NO5S. The molecule has 7 heteroatoms. The third-order valence-corrected chi connectivity index (χ3v) is 5.82. The molecule has 0 aliphatic carbocycles. The van der Waals surface area contributed by atoms with Gasteiger partial charge in [-0.15, -0.1) is 0 Å². The van der Waals surface area contributed by atoms with E-state index in [0.717, 1.165) is 11.8 Å². The Hall–Kier alpha value is -2.67. The monoisotopic (exact) mass is 373 g/mol. The number of benzene rings is 1. The van der Waals surface area contributed by atoms with Crippen molar-refractivity contribution in [1.82, 2.24) is 4.90 Å². The van der Waals surface area contributed by atoms with E-state index in [1.807, 2.05) is 0 Å². The van der Waals surface area contributed by atoms with Gasteiger partial charge in [0.1, 0.15) is 6.04 Å². The summed E-state index contributed by atoms with van der Waals surface area (Å²) in [5.74, 6) is -0.826. The Morgan fingerprint density at radius 3 is 2.46 bits per heavy atom. The first-order valence-electron chi connectivity index (χ1n) is 8.04. The third-order valence-electron chi connectivity index (χ3n) is 4.62. The molecule has 2 aliphatic rings. The molecule has 1 aromatic rings. The Labute approximate surface area is 152 Å². The number of allylic oxidation sites excluding steroid dienone is 1. The molecule has 0 N–H and O–H groups in total. The lowest BCUT2D eigenvalue weighted by Gasteiger charge is -2.25. The van der Waals surface area contributed by atoms with Crippen molar-refractivity contribution in [3.63, 3.8) is 0 Å². The topological polar surface area (TPSA) is 80.8 Å². The minimum atomic E-state index is -3.62. The molecule has 2 aliphatic heterocycles. The van der Waals surface area contributed by atoms with Gasteiger partial charge in [0.25, 0.3) is 0 Å². The van der Waals surface area contributed by atoms with Crippen LogP contribution in [0.15, 0.2) is 53.1 Å². The van der Waals surface area contributed by atoms with Crippen molar-refractivity contribution in [3.8, 4) is 0 Å². The fraction of sp³-hybridized carbons (Fsp3) is 0.263. The Kier molecular flexibility index (Phi) is 4.58. The van der Waals surface area contributed by atoms with Gasteiger partial charge in [-0.1, -0.05) is 36.9 Å². The molecule has 2 heterocycles. The minimum absolute atomic E-state index is 0.00593. The minimum Gasteiger partial charge on any atom is -0.466 e. The van der Waals surface area contributed by atoms with Crippen LogP contribution in [0.1, 0.15) is 22.3 Å². The molecule has 0 spiro atoms. The number of carbonyl (C=O) groups excluding carboxylic acids is 2. The van der Waals surface area contributed by atoms with E-state index in [1.54, 1.807) is 35.2 Å². The zero-order valence-electron chi connectivity index (χ0n) is 14.6. The fourth-order valence-corrected chi connectivity index (χ4v) is 4.28. The zero-order valence-corrected chi connectivity index (χ0v) is 15.4. The van der Waals surface area contributed by atoms with Crippen LogP contribution in [0.25, 0.3) is 6.08 Å². The van der Waals surface area contributed by atoms with Crippen molar-refractivity contribution in [2.24, 2.45) is 0 Å². The lowest BCUT2D eigenvalue weighted by Crippen LogP contribution is -2.38. The summed E-state index contributed by atoms with van der Waals surface area (Å²) < 4.78 is 29.3. The summed E-state index contributed by atoms with van der Waals surface area (Å²) in [4.78, 5) is 26.7. The van der Waals surface area contributed by atoms with Gasteiger partial charge < -0.3 is 9.64 Å². The molecule has 0 amide bonds. The van der Waals surface area contributed by atoms with Crippen molar-refractivity contribution in [2.75, 3.05) is 19.9 Å². The van der Waals surface area contributed by atoms with Crippen molar-refractivity contribution < 1.29 is 22.7 Å². The van der Waals surface area contributed by atoms with Crippen molar-refractivity contribution in [2.45, 2.75) is 12.5 Å². The molecule has 3 rings (SSSR count). The highest BCUT2D eigenvalue weighted by Gasteiger charge is 2.44. The summed E-state index contributed by atoms with van der Waals surface area (Å²) in [6, 6.07) is 5.84. The molecule has 0 radical (unpaired) electrons. The van der Waals surface area contributed by atoms with Gasteiger partial charge >= 0.3 is 5.97 Å². The summed E-state index contributed by atoms with van der Waals surface area (Å²) in [5, 5.41) is 0. The summed E-state index contributed by atoms with van der Waals surface area (Å²) in [6.07, 6.45) is 4.57. The maximum Gasteiger partial charge on any atom is 0.335 e. The van der Waals surface area contributed by atoms with Crippen molar-refractivity contribution in [1.29, 1.82) is 0 Å². The number of methoxy groups -OCH3 is 1. The van der Waals surface area contributed by atoms with Crippen molar-refractivity contribution >= 4 is 27.7 Å². The predicted octanol–water partition coefficient (Wildman–Crippen LogP) is 1.96. The number of Topliss-reactive ketones (excluding diaryl/α,β-unsaturated/α-hetero) is 1. The van der Waals surface area contributed by atoms with Gasteiger partial charge in [-0.25, -0.2) is 13.2 Å². The second kappa shape index (κ2) is 6.57. The van der Waals surface area contributed by atoms with E-state index in [2.05, 4.69) is 6.58 Å². The highest BCUT2D eigenvalue weighted by molar-refractivity contribution is 7.94. The SMILES string of the molecule is C=Cc1ccc(C(=O)C2C(S(C)(=O)=O)=CC3=C(C(=O)OC)CCN32)cc1. The largest absolute Gasteiger partial charge is 0.466 e. The van der Waals surface area contributed by atoms with Gasteiger partial charge in [0, 0.05) is 24.1 Å². The zero-order chi connectivity index (χ0) is 19.1. The number of sulfone groups is 1. The van der Waals surface area contributed by atoms with E-state index in [0.29, 0.717) is 29.8 Å². The number of rotatable bonds is 5. The van der Waals surface area contributed by atoms with E-state index in [9.17, 15) is 18.0 Å². The van der Waals surface area contributed by atoms with Crippen LogP contribution < -0.4 is 0 Å². The summed E-state index contributed by atoms with van der Waals surface area (Å²) in [5.41, 5.74) is 2.12. The number of hydrogen-bond acceptors (Lipinski definition) is 6. The van der Waals surface area contributed by atoms with Gasteiger partial charge in [0.2, 0.25) is 0 Å². The second-order valence-electron chi connectivity index (χ2n) is 6.21. The molecule has 6 nitrogen and oxygen atoms in total. The van der Waals surface area contributed by atoms with Gasteiger partial charge in [0.05, 0.1) is 17.6 Å². The van der Waals surface area contributed by atoms with Gasteiger partial charge in [0.15, 0.2) is 15.6 Å². The number of hydrogen-bond donors (Lipinski definition) is 0. The molecule has 1 unspecified atom stereocenters. The first-order chi connectivity index (χ1) is 12.3. The number of nitrogens with zero attached hydrogens (tertiary/aromatic N) is 1. The van der Waals surface area contributed by atoms with Crippen LogP contribution in [-0.2, 0) is 19.4 Å². The molecule has 1 atom stereocenters. The van der Waals surface area contributed by atoms with E-state index in [-0.39, 0.29) is 10.7 Å². The normalized spacial score (nSPS) is 19.2. The maximum atomic E-state index is 13.1. The highest BCUT2D eigenvalue weighted by Crippen LogP contribution is 2.39. The molecule has 136 valence electrons. The molecule has 26 heavy (non-hydrogen) atoms. The summed E-state index contributed by atoms with van der Waals surface area (Å²) >= 11 is 0. The molecule has 1 aromatic carbocycles. The van der Waals surface area contributed by atoms with Crippen molar-refractivity contribution in [3.05, 3.63) is 64.2 Å². The smallest absolute Gasteiger partial charge is 0.335 e. The van der Waals surface area contributed by atoms with E-state index < -0.39 is 21.8 Å². The number of ether oxygens (including phenoxy) is 1. The molecular weight excluding hydrogens is 354 g/mol. The Bertz CT molecular complexity index is 954. The van der Waals surface area contributed by atoms with Crippen LogP contribution in [0, 0.1) is 0 Å². The van der Waals surface area contributed by atoms with Crippen LogP contribution in [0.5, 0.6) is 0 Å². The molecule has 0 saturated heterocycles. The average Bonchev–Trinajstić information content (AvgIpc) is 3.19. The number of ketones is 1. The third kappa shape index (κ3) is 2.99. The maximum absolute atomic E-state index is 13.1. The highest BCUT2D eigenvalue weighted by atomic mass is 32.2. The molecule has 0 bridgehead atoms. The Morgan fingerprint density at radius 2 is 1.92 bits per heavy atom. The summed E-state index contributed by atoms with van der Waals surface area (Å²) in [7, 11) is -2.34. The number of fused-ring (bicyclic) bond motifs is 1. The standard InChI is InChI=1S/C19H19NO5S/c1-4-12-5-7-13(8-6-12)18(21)17-16(26(3,23)24)11-15-14(19(22)25-2)9-10-20(15)17/h4-8,11,17H,1,9-10H2,2-3H3. The number of carbonyl (C=O) groups is 2. The van der Waals surface area contributed by atoms with Crippen LogP contribution >= 0.6 is 0 Å². The molecule has 0 saturated carbocycles. The Balaban J connectivity index is 2.06. The number of esters is 1. The average molecular weight is 373 g/mol. The Morgan fingerprint density at radius 1 is 1.27 bits per heavy atom. The fourth-order valence-electron chi connectivity index (χ4n) is 3.31. The first kappa shape index (κ1) is 18.1. The second-order valence-corrected chi connectivity index (χ2v) is 8.23. The van der Waals surface area contributed by atoms with Gasteiger partial charge in [-0.05, 0) is 18.1 Å². The van der Waals surface area contributed by atoms with Gasteiger partial charge in [-0.2, -0.15) is 0 Å². The lowest BCUT2D eigenvalue weighted by atomic mass is 10.0. The molecule has 0 aromatic heterocycles.